The lowest BCUT2D eigenvalue weighted by Gasteiger charge is -2.15. The number of hydrogen-bond acceptors (Lipinski definition) is 3. The fourth-order valence-corrected chi connectivity index (χ4v) is 2.39. The molecule has 1 unspecified atom stereocenters. The maximum atomic E-state index is 10.3. The number of aliphatic hydroxyl groups excluding tert-OH is 1. The number of hydrogen-bond donors (Lipinski definition) is 1. The lowest BCUT2D eigenvalue weighted by Crippen LogP contribution is -2.05. The molecule has 1 aromatic carbocycles. The van der Waals surface area contributed by atoms with Gasteiger partial charge in [-0.3, -0.25) is 4.68 Å². The lowest BCUT2D eigenvalue weighted by atomic mass is 10.0. The van der Waals surface area contributed by atoms with Gasteiger partial charge in [-0.1, -0.05) is 22.0 Å². The first-order chi connectivity index (χ1) is 9.11. The van der Waals surface area contributed by atoms with E-state index in [1.807, 2.05) is 36.0 Å². The van der Waals surface area contributed by atoms with Crippen molar-refractivity contribution in [3.05, 3.63) is 46.2 Å². The SMILES string of the molecule is COc1cc(Br)ccc1C(O)CCc1ccnn1C. The summed E-state index contributed by atoms with van der Waals surface area (Å²) in [6, 6.07) is 7.62. The molecule has 0 saturated carbocycles. The Morgan fingerprint density at radius 2 is 2.21 bits per heavy atom. The first-order valence-electron chi connectivity index (χ1n) is 6.10. The molecule has 0 aliphatic rings. The Bertz CT molecular complexity index is 554. The van der Waals surface area contributed by atoms with E-state index in [0.717, 1.165) is 22.2 Å². The third-order valence-electron chi connectivity index (χ3n) is 3.15. The zero-order valence-electron chi connectivity index (χ0n) is 11.0. The summed E-state index contributed by atoms with van der Waals surface area (Å²) in [6.45, 7) is 0. The molecule has 1 atom stereocenters. The standard InChI is InChI=1S/C14H17BrN2O2/c1-17-11(7-8-16-17)4-6-13(18)12-5-3-10(15)9-14(12)19-2/h3,5,7-9,13,18H,4,6H2,1-2H3. The molecule has 102 valence electrons. The van der Waals surface area contributed by atoms with Crippen molar-refractivity contribution < 1.29 is 9.84 Å². The number of rotatable bonds is 5. The zero-order valence-corrected chi connectivity index (χ0v) is 12.6. The molecule has 0 radical (unpaired) electrons. The van der Waals surface area contributed by atoms with Gasteiger partial charge in [0.25, 0.3) is 0 Å². The van der Waals surface area contributed by atoms with Crippen molar-refractivity contribution >= 4 is 15.9 Å². The van der Waals surface area contributed by atoms with Crippen LogP contribution in [0.4, 0.5) is 0 Å². The number of benzene rings is 1. The summed E-state index contributed by atoms with van der Waals surface area (Å²) in [6.07, 6.45) is 2.63. The van der Waals surface area contributed by atoms with Gasteiger partial charge in [-0.25, -0.2) is 0 Å². The normalized spacial score (nSPS) is 12.4. The molecule has 5 heteroatoms. The van der Waals surface area contributed by atoms with E-state index in [4.69, 9.17) is 4.74 Å². The largest absolute Gasteiger partial charge is 0.496 e. The summed E-state index contributed by atoms with van der Waals surface area (Å²) in [7, 11) is 3.51. The van der Waals surface area contributed by atoms with Gasteiger partial charge in [0, 0.05) is 29.0 Å². The Morgan fingerprint density at radius 1 is 1.42 bits per heavy atom. The Balaban J connectivity index is 2.07. The lowest BCUT2D eigenvalue weighted by molar-refractivity contribution is 0.163. The third-order valence-corrected chi connectivity index (χ3v) is 3.64. The van der Waals surface area contributed by atoms with Crippen molar-refractivity contribution in [3.63, 3.8) is 0 Å². The van der Waals surface area contributed by atoms with Gasteiger partial charge in [-0.05, 0) is 31.0 Å². The fourth-order valence-electron chi connectivity index (χ4n) is 2.05. The van der Waals surface area contributed by atoms with Crippen LogP contribution in [-0.4, -0.2) is 22.0 Å². The molecule has 4 nitrogen and oxygen atoms in total. The smallest absolute Gasteiger partial charge is 0.125 e. The highest BCUT2D eigenvalue weighted by Gasteiger charge is 2.14. The summed E-state index contributed by atoms with van der Waals surface area (Å²) in [5, 5.41) is 14.4. The number of ether oxygens (including phenoxy) is 1. The van der Waals surface area contributed by atoms with Crippen molar-refractivity contribution in [2.75, 3.05) is 7.11 Å². The Labute approximate surface area is 121 Å². The van der Waals surface area contributed by atoms with E-state index in [0.29, 0.717) is 12.2 Å². The van der Waals surface area contributed by atoms with Gasteiger partial charge in [-0.2, -0.15) is 5.10 Å². The van der Waals surface area contributed by atoms with Crippen LogP contribution >= 0.6 is 15.9 Å². The Morgan fingerprint density at radius 3 is 2.84 bits per heavy atom. The molecule has 0 spiro atoms. The average Bonchev–Trinajstić information content (AvgIpc) is 2.81. The molecule has 0 saturated heterocycles. The van der Waals surface area contributed by atoms with Gasteiger partial charge in [0.05, 0.1) is 13.2 Å². The second-order valence-electron chi connectivity index (χ2n) is 4.39. The van der Waals surface area contributed by atoms with Crippen molar-refractivity contribution in [1.29, 1.82) is 0 Å². The molecule has 2 aromatic rings. The van der Waals surface area contributed by atoms with E-state index in [2.05, 4.69) is 21.0 Å². The Hall–Kier alpha value is -1.33. The Kier molecular flexibility index (Phi) is 4.61. The van der Waals surface area contributed by atoms with Crippen LogP contribution in [0.5, 0.6) is 5.75 Å². The minimum Gasteiger partial charge on any atom is -0.496 e. The molecule has 0 amide bonds. The second-order valence-corrected chi connectivity index (χ2v) is 5.30. The first-order valence-corrected chi connectivity index (χ1v) is 6.89. The van der Waals surface area contributed by atoms with Crippen LogP contribution in [0, 0.1) is 0 Å². The molecule has 0 aliphatic carbocycles. The van der Waals surface area contributed by atoms with Gasteiger partial charge in [-0.15, -0.1) is 0 Å². The van der Waals surface area contributed by atoms with Gasteiger partial charge in [0.1, 0.15) is 5.75 Å². The highest BCUT2D eigenvalue weighted by molar-refractivity contribution is 9.10. The topological polar surface area (TPSA) is 47.3 Å². The molecule has 0 aliphatic heterocycles. The molecular weight excluding hydrogens is 308 g/mol. The number of aliphatic hydroxyl groups is 1. The van der Waals surface area contributed by atoms with E-state index in [9.17, 15) is 5.11 Å². The number of methoxy groups -OCH3 is 1. The van der Waals surface area contributed by atoms with Gasteiger partial charge < -0.3 is 9.84 Å². The van der Waals surface area contributed by atoms with Crippen LogP contribution in [0.15, 0.2) is 34.9 Å². The molecular formula is C14H17BrN2O2. The molecule has 1 N–H and O–H groups in total. The van der Waals surface area contributed by atoms with E-state index < -0.39 is 6.10 Å². The minimum absolute atomic E-state index is 0.544. The summed E-state index contributed by atoms with van der Waals surface area (Å²) in [5.41, 5.74) is 1.92. The zero-order chi connectivity index (χ0) is 13.8. The van der Waals surface area contributed by atoms with Crippen LogP contribution in [0.2, 0.25) is 0 Å². The van der Waals surface area contributed by atoms with E-state index >= 15 is 0 Å². The first kappa shape index (κ1) is 14.1. The summed E-state index contributed by atoms with van der Waals surface area (Å²) >= 11 is 3.39. The molecule has 0 fully saturated rings. The minimum atomic E-state index is -0.544. The highest BCUT2D eigenvalue weighted by atomic mass is 79.9. The van der Waals surface area contributed by atoms with Crippen LogP contribution < -0.4 is 4.74 Å². The number of aromatic nitrogens is 2. The van der Waals surface area contributed by atoms with Gasteiger partial charge >= 0.3 is 0 Å². The summed E-state index contributed by atoms with van der Waals surface area (Å²) < 4.78 is 8.06. The predicted octanol–water partition coefficient (Wildman–Crippen LogP) is 2.86. The van der Waals surface area contributed by atoms with Crippen LogP contribution in [0.1, 0.15) is 23.8 Å². The molecule has 0 bridgehead atoms. The molecule has 1 heterocycles. The average molecular weight is 325 g/mol. The summed E-state index contributed by atoms with van der Waals surface area (Å²) in [5.74, 6) is 0.701. The quantitative estimate of drug-likeness (QED) is 0.919. The van der Waals surface area contributed by atoms with Crippen molar-refractivity contribution in [3.8, 4) is 5.75 Å². The van der Waals surface area contributed by atoms with Gasteiger partial charge in [0.2, 0.25) is 0 Å². The van der Waals surface area contributed by atoms with Crippen molar-refractivity contribution in [1.82, 2.24) is 9.78 Å². The van der Waals surface area contributed by atoms with Crippen LogP contribution in [0.3, 0.4) is 0 Å². The number of nitrogens with zero attached hydrogens (tertiary/aromatic N) is 2. The van der Waals surface area contributed by atoms with Gasteiger partial charge in [0.15, 0.2) is 0 Å². The maximum absolute atomic E-state index is 10.3. The number of aryl methyl sites for hydroxylation is 2. The number of halogens is 1. The van der Waals surface area contributed by atoms with Crippen LogP contribution in [-0.2, 0) is 13.5 Å². The molecule has 1 aromatic heterocycles. The third kappa shape index (κ3) is 3.36. The van der Waals surface area contributed by atoms with Crippen molar-refractivity contribution in [2.45, 2.75) is 18.9 Å². The van der Waals surface area contributed by atoms with Crippen LogP contribution in [0.25, 0.3) is 0 Å². The van der Waals surface area contributed by atoms with E-state index in [1.54, 1.807) is 13.3 Å². The van der Waals surface area contributed by atoms with E-state index in [-0.39, 0.29) is 0 Å². The second kappa shape index (κ2) is 6.21. The molecule has 19 heavy (non-hydrogen) atoms. The predicted molar refractivity (Wildman–Crippen MR) is 77.2 cm³/mol. The molecule has 2 rings (SSSR count). The highest BCUT2D eigenvalue weighted by Crippen LogP contribution is 2.30. The monoisotopic (exact) mass is 324 g/mol. The maximum Gasteiger partial charge on any atom is 0.125 e. The van der Waals surface area contributed by atoms with E-state index in [1.165, 1.54) is 0 Å². The van der Waals surface area contributed by atoms with Crippen molar-refractivity contribution in [2.24, 2.45) is 7.05 Å². The fraction of sp³-hybridized carbons (Fsp3) is 0.357. The summed E-state index contributed by atoms with van der Waals surface area (Å²) in [4.78, 5) is 0.